The number of hydrogen-bond donors (Lipinski definition) is 0. The zero-order valence-electron chi connectivity index (χ0n) is 16.6. The van der Waals surface area contributed by atoms with Crippen molar-refractivity contribution in [3.63, 3.8) is 0 Å². The van der Waals surface area contributed by atoms with Gasteiger partial charge in [-0.3, -0.25) is 4.31 Å². The van der Waals surface area contributed by atoms with Crippen LogP contribution in [0.5, 0.6) is 5.75 Å². The Morgan fingerprint density at radius 2 is 1.91 bits per heavy atom. The molecule has 0 saturated carbocycles. The Hall–Kier alpha value is -2.51. The molecule has 0 amide bonds. The molecule has 1 heterocycles. The third kappa shape index (κ3) is 4.24. The van der Waals surface area contributed by atoms with Crippen molar-refractivity contribution < 1.29 is 26.3 Å². The van der Waals surface area contributed by atoms with E-state index in [0.717, 1.165) is 22.5 Å². The number of hydrogen-bond acceptors (Lipinski definition) is 4. The fraction of sp³-hybridized carbons (Fsp3) is 0.318. The molecule has 0 N–H and O–H groups in total. The van der Waals surface area contributed by atoms with Crippen LogP contribution in [0, 0.1) is 16.7 Å². The second kappa shape index (κ2) is 8.12. The largest absolute Gasteiger partial charge is 0.486 e. The van der Waals surface area contributed by atoms with Crippen LogP contribution in [0.4, 0.5) is 18.9 Å². The van der Waals surface area contributed by atoms with Gasteiger partial charge in [-0.1, -0.05) is 34.1 Å². The number of benzene rings is 2. The van der Waals surface area contributed by atoms with Crippen molar-refractivity contribution in [1.82, 2.24) is 0 Å². The van der Waals surface area contributed by atoms with E-state index in [4.69, 9.17) is 4.74 Å². The first kappa shape index (κ1) is 22.7. The molecule has 1 aliphatic carbocycles. The number of halogens is 4. The van der Waals surface area contributed by atoms with Crippen LogP contribution >= 0.6 is 15.9 Å². The molecule has 2 aromatic carbocycles. The van der Waals surface area contributed by atoms with E-state index < -0.39 is 38.2 Å². The number of anilines is 1. The summed E-state index contributed by atoms with van der Waals surface area (Å²) < 4.78 is 74.2. The summed E-state index contributed by atoms with van der Waals surface area (Å²) in [5.74, 6) is 0.291. The SMILES string of the molecule is N#CC1(C[C@H]2CN(S(=O)(=O)c3cccc(C(F)(F)F)c3)c3cc(Br)ccc3O2)CC=CC1. The van der Waals surface area contributed by atoms with Crippen LogP contribution in [0.2, 0.25) is 0 Å². The first-order valence-corrected chi connectivity index (χ1v) is 12.0. The van der Waals surface area contributed by atoms with Crippen molar-refractivity contribution in [1.29, 1.82) is 5.26 Å². The Morgan fingerprint density at radius 3 is 2.56 bits per heavy atom. The normalized spacial score (nSPS) is 19.8. The molecule has 2 aliphatic rings. The van der Waals surface area contributed by atoms with Gasteiger partial charge in [0.1, 0.15) is 11.9 Å². The predicted molar refractivity (Wildman–Crippen MR) is 116 cm³/mol. The van der Waals surface area contributed by atoms with Crippen LogP contribution in [0.3, 0.4) is 0 Å². The molecule has 1 atom stereocenters. The number of nitriles is 1. The smallest absolute Gasteiger partial charge is 0.416 e. The van der Waals surface area contributed by atoms with Gasteiger partial charge in [-0.25, -0.2) is 8.42 Å². The van der Waals surface area contributed by atoms with Gasteiger partial charge in [0.25, 0.3) is 10.0 Å². The van der Waals surface area contributed by atoms with Crippen molar-refractivity contribution in [2.24, 2.45) is 5.41 Å². The van der Waals surface area contributed by atoms with Crippen LogP contribution in [0.1, 0.15) is 24.8 Å². The number of rotatable bonds is 4. The van der Waals surface area contributed by atoms with Gasteiger partial charge in [0, 0.05) is 10.9 Å². The van der Waals surface area contributed by atoms with Crippen LogP contribution in [-0.4, -0.2) is 21.1 Å². The number of allylic oxidation sites excluding steroid dienone is 2. The lowest BCUT2D eigenvalue weighted by molar-refractivity contribution is -0.137. The lowest BCUT2D eigenvalue weighted by atomic mass is 9.81. The van der Waals surface area contributed by atoms with Crippen LogP contribution in [0.15, 0.2) is 64.0 Å². The predicted octanol–water partition coefficient (Wildman–Crippen LogP) is 5.67. The Morgan fingerprint density at radius 1 is 1.19 bits per heavy atom. The van der Waals surface area contributed by atoms with Crippen molar-refractivity contribution in [2.45, 2.75) is 36.4 Å². The van der Waals surface area contributed by atoms with Gasteiger partial charge in [0.15, 0.2) is 0 Å². The van der Waals surface area contributed by atoms with E-state index in [-0.39, 0.29) is 12.2 Å². The second-order valence-corrected chi connectivity index (χ2v) is 10.7. The molecule has 0 spiro atoms. The molecule has 4 rings (SSSR count). The molecule has 32 heavy (non-hydrogen) atoms. The number of fused-ring (bicyclic) bond motifs is 1. The summed E-state index contributed by atoms with van der Waals surface area (Å²) in [4.78, 5) is -0.462. The van der Waals surface area contributed by atoms with Gasteiger partial charge in [-0.2, -0.15) is 18.4 Å². The molecule has 0 bridgehead atoms. The van der Waals surface area contributed by atoms with Crippen molar-refractivity contribution in [3.8, 4) is 11.8 Å². The van der Waals surface area contributed by atoms with Gasteiger partial charge in [0.05, 0.1) is 34.2 Å². The first-order valence-electron chi connectivity index (χ1n) is 9.77. The summed E-state index contributed by atoms with van der Waals surface area (Å²) in [6.45, 7) is -0.120. The van der Waals surface area contributed by atoms with E-state index in [1.807, 2.05) is 12.2 Å². The molecule has 0 fully saturated rings. The number of sulfonamides is 1. The van der Waals surface area contributed by atoms with Gasteiger partial charge >= 0.3 is 6.18 Å². The molecule has 0 unspecified atom stereocenters. The third-order valence-electron chi connectivity index (χ3n) is 5.64. The van der Waals surface area contributed by atoms with Gasteiger partial charge in [-0.05, 0) is 49.2 Å². The fourth-order valence-corrected chi connectivity index (χ4v) is 5.91. The molecule has 2 aromatic rings. The molecule has 0 aromatic heterocycles. The monoisotopic (exact) mass is 526 g/mol. The molecular formula is C22H18BrF3N2O3S. The third-order valence-corrected chi connectivity index (χ3v) is 7.91. The quantitative estimate of drug-likeness (QED) is 0.481. The summed E-state index contributed by atoms with van der Waals surface area (Å²) in [5, 5.41) is 9.70. The zero-order chi connectivity index (χ0) is 23.1. The van der Waals surface area contributed by atoms with Crippen molar-refractivity contribution in [3.05, 3.63) is 64.7 Å². The van der Waals surface area contributed by atoms with Crippen molar-refractivity contribution >= 4 is 31.6 Å². The molecule has 0 radical (unpaired) electrons. The highest BCUT2D eigenvalue weighted by Crippen LogP contribution is 2.44. The standard InChI is InChI=1S/C22H18BrF3N2O3S/c23-16-6-7-20-19(11-16)28(13-17(31-20)12-21(14-27)8-1-2-9-21)32(29,30)18-5-3-4-15(10-18)22(24,25)26/h1-7,10-11,17H,8-9,12-13H2/t17-/m0/s1. The van der Waals surface area contributed by atoms with E-state index in [9.17, 15) is 26.9 Å². The van der Waals surface area contributed by atoms with Crippen molar-refractivity contribution in [2.75, 3.05) is 10.8 Å². The average molecular weight is 527 g/mol. The first-order chi connectivity index (χ1) is 15.0. The minimum absolute atomic E-state index is 0.120. The topological polar surface area (TPSA) is 70.4 Å². The number of alkyl halides is 3. The van der Waals surface area contributed by atoms with Gasteiger partial charge < -0.3 is 4.74 Å². The minimum atomic E-state index is -4.67. The van der Waals surface area contributed by atoms with Gasteiger partial charge in [-0.15, -0.1) is 0 Å². The Bertz CT molecular complexity index is 1210. The molecule has 1 aliphatic heterocycles. The van der Waals surface area contributed by atoms with Gasteiger partial charge in [0.2, 0.25) is 0 Å². The second-order valence-electron chi connectivity index (χ2n) is 7.89. The summed E-state index contributed by atoms with van der Waals surface area (Å²) >= 11 is 3.31. The van der Waals surface area contributed by atoms with E-state index in [2.05, 4.69) is 22.0 Å². The molecular weight excluding hydrogens is 509 g/mol. The minimum Gasteiger partial charge on any atom is -0.486 e. The number of nitrogens with zero attached hydrogens (tertiary/aromatic N) is 2. The average Bonchev–Trinajstić information content (AvgIpc) is 3.22. The summed E-state index contributed by atoms with van der Waals surface area (Å²) in [7, 11) is -4.33. The Balaban J connectivity index is 1.75. The highest BCUT2D eigenvalue weighted by molar-refractivity contribution is 9.10. The van der Waals surface area contributed by atoms with Crippen LogP contribution in [0.25, 0.3) is 0 Å². The van der Waals surface area contributed by atoms with E-state index in [1.54, 1.807) is 18.2 Å². The molecule has 168 valence electrons. The summed E-state index contributed by atoms with van der Waals surface area (Å²) in [6.07, 6.45) is -0.116. The zero-order valence-corrected chi connectivity index (χ0v) is 19.0. The maximum absolute atomic E-state index is 13.5. The lowest BCUT2D eigenvalue weighted by Gasteiger charge is -2.38. The molecule has 10 heteroatoms. The van der Waals surface area contributed by atoms with Crippen LogP contribution < -0.4 is 9.04 Å². The summed E-state index contributed by atoms with van der Waals surface area (Å²) in [6, 6.07) is 10.8. The summed E-state index contributed by atoms with van der Waals surface area (Å²) in [5.41, 5.74) is -1.51. The Kier molecular flexibility index (Phi) is 5.75. The lowest BCUT2D eigenvalue weighted by Crippen LogP contribution is -2.45. The highest BCUT2D eigenvalue weighted by atomic mass is 79.9. The highest BCUT2D eigenvalue weighted by Gasteiger charge is 2.41. The van der Waals surface area contributed by atoms with E-state index >= 15 is 0 Å². The fourth-order valence-electron chi connectivity index (χ4n) is 4.02. The van der Waals surface area contributed by atoms with Crippen LogP contribution in [-0.2, 0) is 16.2 Å². The number of ether oxygens (including phenoxy) is 1. The maximum atomic E-state index is 13.5. The van der Waals surface area contributed by atoms with E-state index in [0.29, 0.717) is 35.6 Å². The Labute approximate surface area is 192 Å². The molecule has 5 nitrogen and oxygen atoms in total. The molecule has 0 saturated heterocycles. The maximum Gasteiger partial charge on any atom is 0.416 e. The van der Waals surface area contributed by atoms with E-state index in [1.165, 1.54) is 0 Å².